The van der Waals surface area contributed by atoms with Crippen molar-refractivity contribution in [2.45, 2.75) is 20.0 Å². The second-order valence-corrected chi connectivity index (χ2v) is 5.63. The summed E-state index contributed by atoms with van der Waals surface area (Å²) in [7, 11) is 1.77. The maximum absolute atomic E-state index is 11.7. The molecule has 2 rings (SSSR count). The first-order valence-corrected chi connectivity index (χ1v) is 8.72. The lowest BCUT2D eigenvalue weighted by Crippen LogP contribution is -2.54. The number of rotatable bonds is 7. The van der Waals surface area contributed by atoms with Crippen LogP contribution in [-0.4, -0.2) is 74.8 Å². The highest BCUT2D eigenvalue weighted by molar-refractivity contribution is 14.0. The molecule has 1 aromatic rings. The molecular weight excluding hydrogens is 451 g/mol. The Hall–Kier alpha value is -1.49. The SMILES string of the molecule is CCOC(=O)N1CCN(C(=NC)NCCCOCc2ccco2)CC1.I. The van der Waals surface area contributed by atoms with Crippen LogP contribution >= 0.6 is 24.0 Å². The molecule has 9 heteroatoms. The van der Waals surface area contributed by atoms with E-state index in [1.807, 2.05) is 19.1 Å². The zero-order chi connectivity index (χ0) is 17.9. The van der Waals surface area contributed by atoms with Crippen molar-refractivity contribution in [3.8, 4) is 0 Å². The number of furan rings is 1. The third-order valence-corrected chi connectivity index (χ3v) is 3.89. The van der Waals surface area contributed by atoms with Gasteiger partial charge in [0.2, 0.25) is 0 Å². The Labute approximate surface area is 171 Å². The van der Waals surface area contributed by atoms with Crippen molar-refractivity contribution in [1.82, 2.24) is 15.1 Å². The third kappa shape index (κ3) is 7.40. The van der Waals surface area contributed by atoms with Gasteiger partial charge in [-0.2, -0.15) is 0 Å². The van der Waals surface area contributed by atoms with Crippen LogP contribution in [0.5, 0.6) is 0 Å². The highest BCUT2D eigenvalue weighted by atomic mass is 127. The van der Waals surface area contributed by atoms with Gasteiger partial charge in [0.15, 0.2) is 5.96 Å². The fourth-order valence-electron chi connectivity index (χ4n) is 2.59. The predicted octanol–water partition coefficient (Wildman–Crippen LogP) is 2.15. The maximum Gasteiger partial charge on any atom is 0.409 e. The first-order valence-electron chi connectivity index (χ1n) is 8.72. The average molecular weight is 480 g/mol. The highest BCUT2D eigenvalue weighted by Gasteiger charge is 2.23. The van der Waals surface area contributed by atoms with Crippen LogP contribution in [-0.2, 0) is 16.1 Å². The number of nitrogens with zero attached hydrogens (tertiary/aromatic N) is 3. The molecule has 1 amide bonds. The summed E-state index contributed by atoms with van der Waals surface area (Å²) in [5.74, 6) is 1.69. The van der Waals surface area contributed by atoms with Crippen LogP contribution in [0.2, 0.25) is 0 Å². The average Bonchev–Trinajstić information content (AvgIpc) is 3.15. The summed E-state index contributed by atoms with van der Waals surface area (Å²) >= 11 is 0. The molecule has 1 saturated heterocycles. The fraction of sp³-hybridized carbons (Fsp3) is 0.647. The number of halogens is 1. The minimum atomic E-state index is -0.237. The van der Waals surface area contributed by atoms with Gasteiger partial charge in [0, 0.05) is 46.4 Å². The zero-order valence-electron chi connectivity index (χ0n) is 15.5. The van der Waals surface area contributed by atoms with Gasteiger partial charge in [-0.05, 0) is 25.5 Å². The number of aliphatic imine (C=N–C) groups is 1. The Bertz CT molecular complexity index is 531. The lowest BCUT2D eigenvalue weighted by molar-refractivity contribution is 0.0911. The molecule has 2 heterocycles. The number of carbonyl (C=O) groups is 1. The minimum absolute atomic E-state index is 0. The van der Waals surface area contributed by atoms with Crippen LogP contribution in [0.25, 0.3) is 0 Å². The number of amides is 1. The Morgan fingerprint density at radius 2 is 2.04 bits per heavy atom. The summed E-state index contributed by atoms with van der Waals surface area (Å²) in [5, 5.41) is 3.34. The lowest BCUT2D eigenvalue weighted by atomic mass is 10.3. The summed E-state index contributed by atoms with van der Waals surface area (Å²) in [4.78, 5) is 19.9. The monoisotopic (exact) mass is 480 g/mol. The lowest BCUT2D eigenvalue weighted by Gasteiger charge is -2.35. The van der Waals surface area contributed by atoms with E-state index in [1.165, 1.54) is 0 Å². The van der Waals surface area contributed by atoms with Gasteiger partial charge in [-0.15, -0.1) is 24.0 Å². The molecule has 0 aromatic carbocycles. The van der Waals surface area contributed by atoms with Gasteiger partial charge >= 0.3 is 6.09 Å². The summed E-state index contributed by atoms with van der Waals surface area (Å²) in [6.45, 7) is 6.93. The minimum Gasteiger partial charge on any atom is -0.467 e. The number of guanidine groups is 1. The van der Waals surface area contributed by atoms with E-state index in [4.69, 9.17) is 13.9 Å². The van der Waals surface area contributed by atoms with Crippen molar-refractivity contribution in [1.29, 1.82) is 0 Å². The van der Waals surface area contributed by atoms with E-state index >= 15 is 0 Å². The smallest absolute Gasteiger partial charge is 0.409 e. The van der Waals surface area contributed by atoms with Gasteiger partial charge in [0.25, 0.3) is 0 Å². The molecule has 1 aliphatic heterocycles. The van der Waals surface area contributed by atoms with E-state index in [1.54, 1.807) is 18.2 Å². The van der Waals surface area contributed by atoms with Crippen molar-refractivity contribution < 1.29 is 18.7 Å². The van der Waals surface area contributed by atoms with Crippen LogP contribution in [0.1, 0.15) is 19.1 Å². The molecule has 0 radical (unpaired) electrons. The fourth-order valence-corrected chi connectivity index (χ4v) is 2.59. The van der Waals surface area contributed by atoms with Crippen LogP contribution in [0, 0.1) is 0 Å². The quantitative estimate of drug-likeness (QED) is 0.279. The van der Waals surface area contributed by atoms with Gasteiger partial charge in [-0.3, -0.25) is 4.99 Å². The van der Waals surface area contributed by atoms with E-state index in [9.17, 15) is 4.79 Å². The summed E-state index contributed by atoms with van der Waals surface area (Å²) < 4.78 is 15.8. The molecule has 0 bridgehead atoms. The van der Waals surface area contributed by atoms with Gasteiger partial charge in [-0.25, -0.2) is 4.79 Å². The molecular formula is C17H29IN4O4. The Morgan fingerprint density at radius 1 is 1.31 bits per heavy atom. The molecule has 1 aromatic heterocycles. The normalized spacial score (nSPS) is 14.8. The molecule has 1 fully saturated rings. The molecule has 0 spiro atoms. The number of carbonyl (C=O) groups excluding carboxylic acids is 1. The van der Waals surface area contributed by atoms with E-state index < -0.39 is 0 Å². The van der Waals surface area contributed by atoms with Crippen molar-refractivity contribution in [2.24, 2.45) is 4.99 Å². The van der Waals surface area contributed by atoms with Crippen LogP contribution < -0.4 is 5.32 Å². The number of ether oxygens (including phenoxy) is 2. The molecule has 0 saturated carbocycles. The second kappa shape index (κ2) is 12.8. The molecule has 0 unspecified atom stereocenters. The maximum atomic E-state index is 11.7. The van der Waals surface area contributed by atoms with Gasteiger partial charge in [0.05, 0.1) is 12.9 Å². The predicted molar refractivity (Wildman–Crippen MR) is 110 cm³/mol. The molecule has 1 aliphatic rings. The Kier molecular flexibility index (Phi) is 11.1. The first-order chi connectivity index (χ1) is 12.2. The summed E-state index contributed by atoms with van der Waals surface area (Å²) in [5.41, 5.74) is 0. The van der Waals surface area contributed by atoms with Crippen LogP contribution in [0.3, 0.4) is 0 Å². The van der Waals surface area contributed by atoms with E-state index in [0.717, 1.165) is 37.8 Å². The highest BCUT2D eigenvalue weighted by Crippen LogP contribution is 2.05. The van der Waals surface area contributed by atoms with Crippen LogP contribution in [0.15, 0.2) is 27.8 Å². The number of nitrogens with one attached hydrogen (secondary N) is 1. The molecule has 148 valence electrons. The zero-order valence-corrected chi connectivity index (χ0v) is 17.8. The van der Waals surface area contributed by atoms with Crippen molar-refractivity contribution in [3.05, 3.63) is 24.2 Å². The first kappa shape index (κ1) is 22.6. The summed E-state index contributed by atoms with van der Waals surface area (Å²) in [6, 6.07) is 3.75. The topological polar surface area (TPSA) is 79.5 Å². The van der Waals surface area contributed by atoms with E-state index in [0.29, 0.717) is 32.9 Å². The molecule has 1 N–H and O–H groups in total. The largest absolute Gasteiger partial charge is 0.467 e. The van der Waals surface area contributed by atoms with Crippen molar-refractivity contribution in [2.75, 3.05) is 53.0 Å². The van der Waals surface area contributed by atoms with Crippen molar-refractivity contribution >= 4 is 36.0 Å². The second-order valence-electron chi connectivity index (χ2n) is 5.63. The molecule has 8 nitrogen and oxygen atoms in total. The van der Waals surface area contributed by atoms with E-state index in [2.05, 4.69) is 15.2 Å². The van der Waals surface area contributed by atoms with Gasteiger partial charge in [-0.1, -0.05) is 0 Å². The standard InChI is InChI=1S/C17H28N4O4.HI/c1-3-24-17(22)21-10-8-20(9-11-21)16(18-2)19-7-5-12-23-14-15-6-4-13-25-15;/h4,6,13H,3,5,7-12,14H2,1-2H3,(H,18,19);1H. The molecule has 26 heavy (non-hydrogen) atoms. The van der Waals surface area contributed by atoms with Crippen LogP contribution in [0.4, 0.5) is 4.79 Å². The third-order valence-electron chi connectivity index (χ3n) is 3.89. The van der Waals surface area contributed by atoms with Gasteiger partial charge < -0.3 is 29.0 Å². The Balaban J connectivity index is 0.00000338. The molecule has 0 aliphatic carbocycles. The Morgan fingerprint density at radius 3 is 2.65 bits per heavy atom. The number of hydrogen-bond acceptors (Lipinski definition) is 5. The van der Waals surface area contributed by atoms with Crippen molar-refractivity contribution in [3.63, 3.8) is 0 Å². The summed E-state index contributed by atoms with van der Waals surface area (Å²) in [6.07, 6.45) is 2.29. The number of hydrogen-bond donors (Lipinski definition) is 1. The van der Waals surface area contributed by atoms with E-state index in [-0.39, 0.29) is 30.1 Å². The molecule has 0 atom stereocenters. The number of piperazine rings is 1. The van der Waals surface area contributed by atoms with Gasteiger partial charge in [0.1, 0.15) is 12.4 Å².